The molecule has 0 radical (unpaired) electrons. The molecule has 0 bridgehead atoms. The SMILES string of the molecule is CC(=O)c1cccc(/C=C2\SC(=S)N(c3ccc(C(F)(F)F)cc3)C2=O)c1. The predicted octanol–water partition coefficient (Wildman–Crippen LogP) is 5.31. The maximum atomic E-state index is 12.7. The van der Waals surface area contributed by atoms with E-state index in [0.29, 0.717) is 16.0 Å². The molecule has 2 aromatic carbocycles. The van der Waals surface area contributed by atoms with Crippen molar-refractivity contribution in [2.75, 3.05) is 4.90 Å². The van der Waals surface area contributed by atoms with Gasteiger partial charge in [-0.15, -0.1) is 0 Å². The Labute approximate surface area is 162 Å². The Bertz CT molecular complexity index is 966. The van der Waals surface area contributed by atoms with Gasteiger partial charge in [0, 0.05) is 5.56 Å². The number of carbonyl (C=O) groups excluding carboxylic acids is 2. The van der Waals surface area contributed by atoms with Crippen molar-refractivity contribution in [3.63, 3.8) is 0 Å². The van der Waals surface area contributed by atoms with E-state index >= 15 is 0 Å². The number of hydrogen-bond donors (Lipinski definition) is 0. The van der Waals surface area contributed by atoms with Gasteiger partial charge in [0.1, 0.15) is 0 Å². The van der Waals surface area contributed by atoms with Crippen LogP contribution in [0.3, 0.4) is 0 Å². The topological polar surface area (TPSA) is 37.4 Å². The van der Waals surface area contributed by atoms with E-state index in [2.05, 4.69) is 0 Å². The number of Topliss-reactive ketones (excluding diaryl/α,β-unsaturated/α-hetero) is 1. The molecule has 1 amide bonds. The van der Waals surface area contributed by atoms with Gasteiger partial charge in [0.25, 0.3) is 5.91 Å². The molecule has 1 saturated heterocycles. The summed E-state index contributed by atoms with van der Waals surface area (Å²) in [6, 6.07) is 11.0. The minimum Gasteiger partial charge on any atom is -0.295 e. The minimum atomic E-state index is -4.45. The molecule has 0 aromatic heterocycles. The summed E-state index contributed by atoms with van der Waals surface area (Å²) >= 11 is 6.27. The quantitative estimate of drug-likeness (QED) is 0.392. The summed E-state index contributed by atoms with van der Waals surface area (Å²) in [5.74, 6) is -0.513. The van der Waals surface area contributed by atoms with Crippen LogP contribution in [-0.4, -0.2) is 16.0 Å². The molecule has 0 spiro atoms. The number of alkyl halides is 3. The molecule has 3 rings (SSSR count). The highest BCUT2D eigenvalue weighted by molar-refractivity contribution is 8.27. The number of nitrogens with zero attached hydrogens (tertiary/aromatic N) is 1. The highest BCUT2D eigenvalue weighted by Gasteiger charge is 2.35. The van der Waals surface area contributed by atoms with Crippen molar-refractivity contribution in [2.24, 2.45) is 0 Å². The standard InChI is InChI=1S/C19H12F3NO2S2/c1-11(24)13-4-2-3-12(9-13)10-16-17(25)23(18(26)27-16)15-7-5-14(6-8-15)19(20,21)22/h2-10H,1H3/b16-10-. The van der Waals surface area contributed by atoms with Gasteiger partial charge in [0.05, 0.1) is 16.2 Å². The molecule has 1 aliphatic heterocycles. The number of ketones is 1. The summed E-state index contributed by atoms with van der Waals surface area (Å²) in [6.07, 6.45) is -2.84. The van der Waals surface area contributed by atoms with Gasteiger partial charge in [0.2, 0.25) is 0 Å². The number of anilines is 1. The van der Waals surface area contributed by atoms with Crippen LogP contribution in [0, 0.1) is 0 Å². The summed E-state index contributed by atoms with van der Waals surface area (Å²) in [7, 11) is 0. The van der Waals surface area contributed by atoms with Gasteiger partial charge in [-0.3, -0.25) is 14.5 Å². The van der Waals surface area contributed by atoms with Crippen LogP contribution in [-0.2, 0) is 11.0 Å². The fourth-order valence-electron chi connectivity index (χ4n) is 2.49. The summed E-state index contributed by atoms with van der Waals surface area (Å²) in [6.45, 7) is 1.45. The molecule has 0 N–H and O–H groups in total. The van der Waals surface area contributed by atoms with Crippen LogP contribution in [0.2, 0.25) is 0 Å². The summed E-state index contributed by atoms with van der Waals surface area (Å²) < 4.78 is 38.3. The van der Waals surface area contributed by atoms with Crippen molar-refractivity contribution in [1.82, 2.24) is 0 Å². The first-order valence-electron chi connectivity index (χ1n) is 7.73. The Morgan fingerprint density at radius 3 is 2.41 bits per heavy atom. The second-order valence-electron chi connectivity index (χ2n) is 5.74. The molecule has 0 unspecified atom stereocenters. The number of carbonyl (C=O) groups is 2. The lowest BCUT2D eigenvalue weighted by Crippen LogP contribution is -2.27. The third-order valence-corrected chi connectivity index (χ3v) is 5.14. The van der Waals surface area contributed by atoms with Gasteiger partial charge < -0.3 is 0 Å². The summed E-state index contributed by atoms with van der Waals surface area (Å²) in [4.78, 5) is 25.7. The monoisotopic (exact) mass is 407 g/mol. The van der Waals surface area contributed by atoms with E-state index in [1.165, 1.54) is 24.0 Å². The Morgan fingerprint density at radius 2 is 1.81 bits per heavy atom. The average Bonchev–Trinajstić information content (AvgIpc) is 2.88. The lowest BCUT2D eigenvalue weighted by Gasteiger charge is -2.15. The van der Waals surface area contributed by atoms with E-state index < -0.39 is 17.6 Å². The number of hydrogen-bond acceptors (Lipinski definition) is 4. The van der Waals surface area contributed by atoms with Gasteiger partial charge in [-0.2, -0.15) is 13.2 Å². The number of benzene rings is 2. The largest absolute Gasteiger partial charge is 0.416 e. The molecule has 0 aliphatic carbocycles. The Hall–Kier alpha value is -2.45. The normalized spacial score (nSPS) is 16.3. The van der Waals surface area contributed by atoms with E-state index in [1.54, 1.807) is 30.3 Å². The molecule has 27 heavy (non-hydrogen) atoms. The van der Waals surface area contributed by atoms with Gasteiger partial charge >= 0.3 is 6.18 Å². The van der Waals surface area contributed by atoms with Crippen LogP contribution < -0.4 is 4.90 Å². The van der Waals surface area contributed by atoms with Crippen molar-refractivity contribution in [2.45, 2.75) is 13.1 Å². The van der Waals surface area contributed by atoms with Crippen LogP contribution in [0.4, 0.5) is 18.9 Å². The Morgan fingerprint density at radius 1 is 1.15 bits per heavy atom. The van der Waals surface area contributed by atoms with Gasteiger partial charge in [-0.1, -0.05) is 42.2 Å². The molecular weight excluding hydrogens is 395 g/mol. The number of halogens is 3. The van der Waals surface area contributed by atoms with Crippen LogP contribution in [0.25, 0.3) is 6.08 Å². The fourth-order valence-corrected chi connectivity index (χ4v) is 3.79. The second-order valence-corrected chi connectivity index (χ2v) is 7.42. The molecule has 2 aromatic rings. The van der Waals surface area contributed by atoms with Crippen molar-refractivity contribution >= 4 is 51.8 Å². The third-order valence-electron chi connectivity index (χ3n) is 3.84. The predicted molar refractivity (Wildman–Crippen MR) is 104 cm³/mol. The summed E-state index contributed by atoms with van der Waals surface area (Å²) in [5.41, 5.74) is 0.650. The lowest BCUT2D eigenvalue weighted by molar-refractivity contribution is -0.137. The molecule has 1 fully saturated rings. The Balaban J connectivity index is 1.89. The molecular formula is C19H12F3NO2S2. The van der Waals surface area contributed by atoms with E-state index in [1.807, 2.05) is 0 Å². The van der Waals surface area contributed by atoms with Crippen molar-refractivity contribution in [1.29, 1.82) is 0 Å². The number of thioether (sulfide) groups is 1. The number of amides is 1. The first-order valence-corrected chi connectivity index (χ1v) is 8.95. The first kappa shape index (κ1) is 19.3. The second kappa shape index (κ2) is 7.28. The lowest BCUT2D eigenvalue weighted by atomic mass is 10.1. The molecule has 0 atom stereocenters. The van der Waals surface area contributed by atoms with Crippen LogP contribution >= 0.6 is 24.0 Å². The molecule has 0 saturated carbocycles. The smallest absolute Gasteiger partial charge is 0.295 e. The number of rotatable bonds is 3. The first-order chi connectivity index (χ1) is 12.7. The highest BCUT2D eigenvalue weighted by atomic mass is 32.2. The fraction of sp³-hybridized carbons (Fsp3) is 0.105. The Kier molecular flexibility index (Phi) is 5.21. The zero-order valence-electron chi connectivity index (χ0n) is 13.9. The van der Waals surface area contributed by atoms with Crippen LogP contribution in [0.1, 0.15) is 28.4 Å². The van der Waals surface area contributed by atoms with Crippen molar-refractivity contribution < 1.29 is 22.8 Å². The van der Waals surface area contributed by atoms with Crippen molar-refractivity contribution in [3.8, 4) is 0 Å². The molecule has 8 heteroatoms. The highest BCUT2D eigenvalue weighted by Crippen LogP contribution is 2.37. The van der Waals surface area contributed by atoms with Gasteiger partial charge in [-0.05, 0) is 48.9 Å². The number of thiocarbonyl (C=S) groups is 1. The van der Waals surface area contributed by atoms with Crippen molar-refractivity contribution in [3.05, 3.63) is 70.1 Å². The molecule has 3 nitrogen and oxygen atoms in total. The average molecular weight is 407 g/mol. The molecule has 138 valence electrons. The molecule has 1 aliphatic rings. The minimum absolute atomic E-state index is 0.0949. The van der Waals surface area contributed by atoms with E-state index in [9.17, 15) is 22.8 Å². The summed E-state index contributed by atoms with van der Waals surface area (Å²) in [5, 5.41) is 0. The van der Waals surface area contributed by atoms with Crippen LogP contribution in [0.15, 0.2) is 53.4 Å². The maximum absolute atomic E-state index is 12.7. The van der Waals surface area contributed by atoms with E-state index in [4.69, 9.17) is 12.2 Å². The van der Waals surface area contributed by atoms with E-state index in [0.717, 1.165) is 23.9 Å². The zero-order valence-corrected chi connectivity index (χ0v) is 15.5. The van der Waals surface area contributed by atoms with E-state index in [-0.39, 0.29) is 15.8 Å². The van der Waals surface area contributed by atoms with Crippen LogP contribution in [0.5, 0.6) is 0 Å². The van der Waals surface area contributed by atoms with Gasteiger partial charge in [-0.25, -0.2) is 0 Å². The van der Waals surface area contributed by atoms with Gasteiger partial charge in [0.15, 0.2) is 10.1 Å². The maximum Gasteiger partial charge on any atom is 0.416 e. The zero-order chi connectivity index (χ0) is 19.8. The molecule has 1 heterocycles. The third kappa shape index (κ3) is 4.12.